The van der Waals surface area contributed by atoms with Gasteiger partial charge in [0.15, 0.2) is 0 Å². The van der Waals surface area contributed by atoms with Gasteiger partial charge in [-0.3, -0.25) is 9.67 Å². The third kappa shape index (κ3) is 4.35. The van der Waals surface area contributed by atoms with Crippen molar-refractivity contribution in [1.82, 2.24) is 19.7 Å². The van der Waals surface area contributed by atoms with Gasteiger partial charge in [0, 0.05) is 53.5 Å². The largest absolute Gasteiger partial charge is 0.340 e. The summed E-state index contributed by atoms with van der Waals surface area (Å²) in [7, 11) is 1.92. The van der Waals surface area contributed by atoms with Crippen LogP contribution in [0.15, 0.2) is 67.8 Å². The van der Waals surface area contributed by atoms with Gasteiger partial charge >= 0.3 is 0 Å². The number of nitrogens with one attached hydrogen (secondary N) is 1. The molecule has 1 aromatic carbocycles. The molecule has 0 unspecified atom stereocenters. The number of pyridine rings is 2. The normalized spacial score (nSPS) is 11.2. The Bertz CT molecular complexity index is 1170. The molecular weight excluding hydrogens is 358 g/mol. The van der Waals surface area contributed by atoms with Gasteiger partial charge in [-0.25, -0.2) is 4.98 Å². The van der Waals surface area contributed by atoms with Crippen molar-refractivity contribution in [3.63, 3.8) is 0 Å². The van der Waals surface area contributed by atoms with E-state index in [9.17, 15) is 0 Å². The molecule has 0 aliphatic carbocycles. The lowest BCUT2D eigenvalue weighted by molar-refractivity contribution is 0.635. The molecule has 0 atom stereocenters. The van der Waals surface area contributed by atoms with Gasteiger partial charge in [0.2, 0.25) is 0 Å². The van der Waals surface area contributed by atoms with Crippen LogP contribution in [0, 0.1) is 5.92 Å². The minimum absolute atomic E-state index is 0.565. The van der Waals surface area contributed by atoms with Crippen molar-refractivity contribution >= 4 is 22.3 Å². The first-order valence-electron chi connectivity index (χ1n) is 9.78. The van der Waals surface area contributed by atoms with E-state index in [1.807, 2.05) is 42.6 Å². The van der Waals surface area contributed by atoms with Gasteiger partial charge in [-0.05, 0) is 47.6 Å². The highest BCUT2D eigenvalue weighted by Gasteiger charge is 2.07. The van der Waals surface area contributed by atoms with Crippen LogP contribution in [0.4, 0.5) is 5.82 Å². The molecule has 0 fully saturated rings. The zero-order chi connectivity index (χ0) is 20.4. The number of hydrogen-bond acceptors (Lipinski definition) is 4. The van der Waals surface area contributed by atoms with Crippen LogP contribution in [0.2, 0.25) is 0 Å². The third-order valence-electron chi connectivity index (χ3n) is 4.82. The average molecular weight is 383 g/mol. The minimum Gasteiger partial charge on any atom is -0.340 e. The van der Waals surface area contributed by atoms with E-state index in [2.05, 4.69) is 71.1 Å². The van der Waals surface area contributed by atoms with Crippen molar-refractivity contribution in [2.24, 2.45) is 13.0 Å². The predicted molar refractivity (Wildman–Crippen MR) is 119 cm³/mol. The van der Waals surface area contributed by atoms with Crippen molar-refractivity contribution < 1.29 is 0 Å². The van der Waals surface area contributed by atoms with Gasteiger partial charge < -0.3 is 5.32 Å². The van der Waals surface area contributed by atoms with Gasteiger partial charge in [0.1, 0.15) is 5.82 Å². The number of aromatic nitrogens is 4. The first-order chi connectivity index (χ1) is 14.0. The summed E-state index contributed by atoms with van der Waals surface area (Å²) >= 11 is 0. The summed E-state index contributed by atoms with van der Waals surface area (Å²) in [4.78, 5) is 9.00. The van der Waals surface area contributed by atoms with Crippen molar-refractivity contribution in [1.29, 1.82) is 0 Å². The van der Waals surface area contributed by atoms with E-state index in [1.165, 1.54) is 0 Å². The van der Waals surface area contributed by atoms with E-state index in [-0.39, 0.29) is 0 Å². The lowest BCUT2D eigenvalue weighted by Gasteiger charge is -2.12. The highest BCUT2D eigenvalue weighted by atomic mass is 15.2. The molecule has 3 heterocycles. The Balaban J connectivity index is 1.58. The fraction of sp³-hybridized carbons (Fsp3) is 0.208. The number of nitrogens with zero attached hydrogens (tertiary/aromatic N) is 4. The Morgan fingerprint density at radius 3 is 2.66 bits per heavy atom. The topological polar surface area (TPSA) is 55.6 Å². The molecular formula is C24H25N5. The van der Waals surface area contributed by atoms with Crippen LogP contribution in [0.1, 0.15) is 25.1 Å². The highest BCUT2D eigenvalue weighted by molar-refractivity contribution is 5.89. The number of rotatable bonds is 6. The first-order valence-corrected chi connectivity index (χ1v) is 9.78. The van der Waals surface area contributed by atoms with E-state index >= 15 is 0 Å². The van der Waals surface area contributed by atoms with E-state index in [0.29, 0.717) is 5.92 Å². The number of anilines is 1. The second-order valence-electron chi connectivity index (χ2n) is 7.77. The number of fused-ring (bicyclic) bond motifs is 1. The Kier molecular flexibility index (Phi) is 5.12. The number of aryl methyl sites for hydroxylation is 1. The summed E-state index contributed by atoms with van der Waals surface area (Å²) in [6.45, 7) is 8.59. The molecule has 0 saturated heterocycles. The lowest BCUT2D eigenvalue weighted by atomic mass is 10.0. The van der Waals surface area contributed by atoms with Gasteiger partial charge in [-0.15, -0.1) is 0 Å². The first kappa shape index (κ1) is 18.9. The molecule has 0 aliphatic heterocycles. The maximum atomic E-state index is 4.55. The monoisotopic (exact) mass is 383 g/mol. The Morgan fingerprint density at radius 1 is 1.03 bits per heavy atom. The van der Waals surface area contributed by atoms with Crippen molar-refractivity contribution in [2.75, 3.05) is 5.32 Å². The zero-order valence-electron chi connectivity index (χ0n) is 17.1. The molecule has 0 radical (unpaired) electrons. The zero-order valence-corrected chi connectivity index (χ0v) is 17.1. The van der Waals surface area contributed by atoms with Crippen molar-refractivity contribution in [2.45, 2.75) is 20.3 Å². The van der Waals surface area contributed by atoms with Crippen molar-refractivity contribution in [3.8, 4) is 11.1 Å². The van der Waals surface area contributed by atoms with Crippen LogP contribution in [0.25, 0.3) is 27.6 Å². The Hall–Kier alpha value is -3.47. The number of hydrogen-bond donors (Lipinski definition) is 1. The third-order valence-corrected chi connectivity index (χ3v) is 4.82. The Labute approximate surface area is 171 Å². The van der Waals surface area contributed by atoms with Gasteiger partial charge in [-0.1, -0.05) is 32.6 Å². The summed E-state index contributed by atoms with van der Waals surface area (Å²) in [5.74, 6) is 1.34. The molecule has 0 saturated carbocycles. The predicted octanol–water partition coefficient (Wildman–Crippen LogP) is 5.31. The summed E-state index contributed by atoms with van der Waals surface area (Å²) in [5.41, 5.74) is 5.15. The van der Waals surface area contributed by atoms with Crippen LogP contribution in [-0.4, -0.2) is 19.7 Å². The SMILES string of the molecule is C=C(Nc1cc2cc(-c3cnn(C)c3)ccc2cn1)c1ccnc(CC(C)C)c1. The molecule has 29 heavy (non-hydrogen) atoms. The average Bonchev–Trinajstić information content (AvgIpc) is 3.13. The molecule has 146 valence electrons. The van der Waals surface area contributed by atoms with Crippen LogP contribution >= 0.6 is 0 Å². The number of benzene rings is 1. The summed E-state index contributed by atoms with van der Waals surface area (Å²) < 4.78 is 1.81. The maximum absolute atomic E-state index is 4.55. The van der Waals surface area contributed by atoms with Gasteiger partial charge in [0.25, 0.3) is 0 Å². The van der Waals surface area contributed by atoms with E-state index in [0.717, 1.165) is 51.1 Å². The molecule has 1 N–H and O–H groups in total. The van der Waals surface area contributed by atoms with Crippen LogP contribution in [-0.2, 0) is 13.5 Å². The molecule has 0 amide bonds. The second-order valence-corrected chi connectivity index (χ2v) is 7.77. The smallest absolute Gasteiger partial charge is 0.130 e. The minimum atomic E-state index is 0.565. The van der Waals surface area contributed by atoms with E-state index in [1.54, 1.807) is 0 Å². The van der Waals surface area contributed by atoms with Gasteiger partial charge in [-0.2, -0.15) is 5.10 Å². The summed E-state index contributed by atoms with van der Waals surface area (Å²) in [6.07, 6.45) is 8.57. The molecule has 0 spiro atoms. The highest BCUT2D eigenvalue weighted by Crippen LogP contribution is 2.26. The summed E-state index contributed by atoms with van der Waals surface area (Å²) in [6, 6.07) is 12.5. The molecule has 3 aromatic heterocycles. The molecule has 4 aromatic rings. The van der Waals surface area contributed by atoms with Crippen LogP contribution in [0.3, 0.4) is 0 Å². The molecule has 0 aliphatic rings. The van der Waals surface area contributed by atoms with E-state index in [4.69, 9.17) is 0 Å². The molecule has 4 rings (SSSR count). The fourth-order valence-electron chi connectivity index (χ4n) is 3.38. The maximum Gasteiger partial charge on any atom is 0.130 e. The quantitative estimate of drug-likeness (QED) is 0.490. The summed E-state index contributed by atoms with van der Waals surface area (Å²) in [5, 5.41) is 9.82. The second kappa shape index (κ2) is 7.87. The molecule has 5 heteroatoms. The van der Waals surface area contributed by atoms with Crippen LogP contribution in [0.5, 0.6) is 0 Å². The molecule has 5 nitrogen and oxygen atoms in total. The Morgan fingerprint density at radius 2 is 1.90 bits per heavy atom. The molecule has 0 bridgehead atoms. The fourth-order valence-corrected chi connectivity index (χ4v) is 3.38. The standard InChI is InChI=1S/C24H25N5/c1-16(2)9-23-11-18(7-8-25-23)17(3)28-24-12-21-10-19(5-6-20(21)13-26-24)22-14-27-29(4)15-22/h5-8,10-16H,3,9H2,1-2,4H3,(H,26,28). The lowest BCUT2D eigenvalue weighted by Crippen LogP contribution is -2.02. The van der Waals surface area contributed by atoms with Crippen molar-refractivity contribution in [3.05, 3.63) is 79.0 Å². The van der Waals surface area contributed by atoms with Crippen LogP contribution < -0.4 is 5.32 Å². The van der Waals surface area contributed by atoms with E-state index < -0.39 is 0 Å². The van der Waals surface area contributed by atoms with Gasteiger partial charge in [0.05, 0.1) is 6.20 Å².